The van der Waals surface area contributed by atoms with Crippen LogP contribution in [0.15, 0.2) is 36.2 Å². The molecule has 0 atom stereocenters. The summed E-state index contributed by atoms with van der Waals surface area (Å²) in [6, 6.07) is 6.14. The van der Waals surface area contributed by atoms with Gasteiger partial charge in [0.25, 0.3) is 0 Å². The number of hydrogen-bond donors (Lipinski definition) is 1. The van der Waals surface area contributed by atoms with Crippen molar-refractivity contribution in [1.29, 1.82) is 0 Å². The van der Waals surface area contributed by atoms with E-state index in [1.54, 1.807) is 5.38 Å². The summed E-state index contributed by atoms with van der Waals surface area (Å²) in [5.74, 6) is -2.24. The minimum absolute atomic E-state index is 0.239. The fraction of sp³-hybridized carbons (Fsp3) is 0.333. The van der Waals surface area contributed by atoms with E-state index >= 15 is 0 Å². The van der Waals surface area contributed by atoms with Gasteiger partial charge in [0.15, 0.2) is 9.84 Å². The summed E-state index contributed by atoms with van der Waals surface area (Å²) >= 11 is 1.17. The number of carbonyl (C=O) groups excluding carboxylic acids is 2. The number of sulfone groups is 1. The third kappa shape index (κ3) is 4.94. The summed E-state index contributed by atoms with van der Waals surface area (Å²) in [7, 11) is -2.31. The topological polar surface area (TPSA) is 89.5 Å². The fourth-order valence-electron chi connectivity index (χ4n) is 3.47. The first-order chi connectivity index (χ1) is 13.8. The van der Waals surface area contributed by atoms with Crippen molar-refractivity contribution in [3.8, 4) is 11.1 Å². The number of fused-ring (bicyclic) bond motifs is 1. The van der Waals surface area contributed by atoms with Gasteiger partial charge in [0.05, 0.1) is 12.9 Å². The lowest BCUT2D eigenvalue weighted by molar-refractivity contribution is -0.113. The van der Waals surface area contributed by atoms with Gasteiger partial charge in [-0.3, -0.25) is 4.79 Å². The third-order valence-electron chi connectivity index (χ3n) is 4.82. The van der Waals surface area contributed by atoms with Crippen molar-refractivity contribution in [2.45, 2.75) is 25.7 Å². The number of benzene rings is 1. The van der Waals surface area contributed by atoms with Crippen LogP contribution in [0, 0.1) is 0 Å². The highest BCUT2D eigenvalue weighted by Gasteiger charge is 2.24. The largest absolute Gasteiger partial charge is 0.465 e. The molecule has 0 fully saturated rings. The fourth-order valence-corrected chi connectivity index (χ4v) is 5.39. The summed E-state index contributed by atoms with van der Waals surface area (Å²) in [6.45, 7) is 3.38. The van der Waals surface area contributed by atoms with E-state index in [0.29, 0.717) is 5.56 Å². The molecule has 1 aromatic heterocycles. The van der Waals surface area contributed by atoms with E-state index in [1.807, 2.05) is 6.07 Å². The minimum atomic E-state index is -3.59. The third-order valence-corrected chi connectivity index (χ3v) is 7.16. The van der Waals surface area contributed by atoms with Gasteiger partial charge in [0.2, 0.25) is 5.91 Å². The number of ether oxygens (including phenoxy) is 1. The lowest BCUT2D eigenvalue weighted by atomic mass is 9.89. The van der Waals surface area contributed by atoms with Crippen LogP contribution in [0.4, 0.5) is 5.00 Å². The Balaban J connectivity index is 1.92. The molecular weight excluding hydrogens is 410 g/mol. The van der Waals surface area contributed by atoms with Gasteiger partial charge >= 0.3 is 5.97 Å². The molecule has 1 heterocycles. The Morgan fingerprint density at radius 3 is 2.66 bits per heavy atom. The highest BCUT2D eigenvalue weighted by molar-refractivity contribution is 7.92. The lowest BCUT2D eigenvalue weighted by Gasteiger charge is -2.16. The Morgan fingerprint density at radius 2 is 1.97 bits per heavy atom. The summed E-state index contributed by atoms with van der Waals surface area (Å²) in [4.78, 5) is 24.7. The number of methoxy groups -OCH3 is 1. The molecular formula is C21H23NO5S2. The van der Waals surface area contributed by atoms with Gasteiger partial charge in [-0.25, -0.2) is 13.2 Å². The maximum Gasteiger partial charge on any atom is 0.341 e. The Hall–Kier alpha value is -2.45. The second-order valence-corrected chi connectivity index (χ2v) is 9.92. The van der Waals surface area contributed by atoms with Crippen molar-refractivity contribution in [2.75, 3.05) is 23.9 Å². The van der Waals surface area contributed by atoms with Gasteiger partial charge in [0, 0.05) is 10.9 Å². The molecule has 1 aromatic carbocycles. The summed E-state index contributed by atoms with van der Waals surface area (Å²) < 4.78 is 28.6. The number of anilines is 1. The van der Waals surface area contributed by atoms with Crippen molar-refractivity contribution in [1.82, 2.24) is 0 Å². The molecule has 1 aliphatic rings. The highest BCUT2D eigenvalue weighted by Crippen LogP contribution is 2.37. The molecule has 1 aliphatic carbocycles. The molecule has 8 heteroatoms. The number of hydrogen-bond acceptors (Lipinski definition) is 6. The van der Waals surface area contributed by atoms with E-state index in [-0.39, 0.29) is 16.3 Å². The molecule has 0 spiro atoms. The van der Waals surface area contributed by atoms with Crippen molar-refractivity contribution < 1.29 is 22.7 Å². The molecule has 0 radical (unpaired) electrons. The number of thiophene rings is 1. The molecule has 2 aromatic rings. The van der Waals surface area contributed by atoms with Gasteiger partial charge < -0.3 is 10.1 Å². The number of carbonyl (C=O) groups is 2. The van der Waals surface area contributed by atoms with Crippen LogP contribution in [0.2, 0.25) is 0 Å². The van der Waals surface area contributed by atoms with Crippen LogP contribution < -0.4 is 5.32 Å². The first-order valence-electron chi connectivity index (χ1n) is 9.27. The van der Waals surface area contributed by atoms with Crippen LogP contribution in [-0.2, 0) is 32.2 Å². The predicted octanol–water partition coefficient (Wildman–Crippen LogP) is 3.62. The van der Waals surface area contributed by atoms with Crippen LogP contribution in [-0.4, -0.2) is 38.9 Å². The molecule has 0 bridgehead atoms. The van der Waals surface area contributed by atoms with E-state index in [1.165, 1.54) is 42.1 Å². The van der Waals surface area contributed by atoms with Gasteiger partial charge in [-0.15, -0.1) is 17.9 Å². The number of amides is 1. The zero-order chi connectivity index (χ0) is 21.0. The molecule has 1 amide bonds. The summed E-state index contributed by atoms with van der Waals surface area (Å²) in [6.07, 6.45) is 5.63. The molecule has 154 valence electrons. The Labute approximate surface area is 174 Å². The lowest BCUT2D eigenvalue weighted by Crippen LogP contribution is -2.24. The van der Waals surface area contributed by atoms with Crippen LogP contribution in [0.5, 0.6) is 0 Å². The van der Waals surface area contributed by atoms with Gasteiger partial charge in [-0.2, -0.15) is 0 Å². The molecule has 0 saturated heterocycles. The molecule has 6 nitrogen and oxygen atoms in total. The highest BCUT2D eigenvalue weighted by atomic mass is 32.2. The Kier molecular flexibility index (Phi) is 6.54. The zero-order valence-corrected chi connectivity index (χ0v) is 17.8. The first-order valence-corrected chi connectivity index (χ1v) is 12.0. The minimum Gasteiger partial charge on any atom is -0.465 e. The average molecular weight is 434 g/mol. The zero-order valence-electron chi connectivity index (χ0n) is 16.2. The second kappa shape index (κ2) is 8.92. The SMILES string of the molecule is C=CCS(=O)(=O)CC(=O)Nc1scc(-c2ccc3c(c2)CCCC3)c1C(=O)OC. The molecule has 0 unspecified atom stereocenters. The molecule has 0 saturated carbocycles. The monoisotopic (exact) mass is 433 g/mol. The van der Waals surface area contributed by atoms with Crippen molar-refractivity contribution in [2.24, 2.45) is 0 Å². The summed E-state index contributed by atoms with van der Waals surface area (Å²) in [5, 5.41) is 4.62. The van der Waals surface area contributed by atoms with Crippen LogP contribution in [0.1, 0.15) is 34.3 Å². The number of rotatable bonds is 7. The first kappa shape index (κ1) is 21.3. The smallest absolute Gasteiger partial charge is 0.341 e. The molecule has 1 N–H and O–H groups in total. The normalized spacial score (nSPS) is 13.4. The van der Waals surface area contributed by atoms with Gasteiger partial charge in [-0.1, -0.05) is 24.3 Å². The van der Waals surface area contributed by atoms with Gasteiger partial charge in [0.1, 0.15) is 16.3 Å². The van der Waals surface area contributed by atoms with Gasteiger partial charge in [-0.05, 0) is 42.4 Å². The number of aryl methyl sites for hydroxylation is 2. The van der Waals surface area contributed by atoms with Crippen LogP contribution >= 0.6 is 11.3 Å². The number of nitrogens with one attached hydrogen (secondary N) is 1. The Morgan fingerprint density at radius 1 is 1.24 bits per heavy atom. The van der Waals surface area contributed by atoms with E-state index in [0.717, 1.165) is 24.8 Å². The molecule has 0 aliphatic heterocycles. The average Bonchev–Trinajstić information content (AvgIpc) is 3.09. The van der Waals surface area contributed by atoms with Crippen molar-refractivity contribution in [3.05, 3.63) is 52.9 Å². The molecule has 29 heavy (non-hydrogen) atoms. The van der Waals surface area contributed by atoms with Crippen molar-refractivity contribution >= 4 is 38.1 Å². The van der Waals surface area contributed by atoms with E-state index in [4.69, 9.17) is 4.74 Å². The predicted molar refractivity (Wildman–Crippen MR) is 115 cm³/mol. The van der Waals surface area contributed by atoms with E-state index < -0.39 is 27.5 Å². The summed E-state index contributed by atoms with van der Waals surface area (Å²) in [5.41, 5.74) is 4.39. The second-order valence-electron chi connectivity index (χ2n) is 6.93. The van der Waals surface area contributed by atoms with Crippen LogP contribution in [0.3, 0.4) is 0 Å². The van der Waals surface area contributed by atoms with Crippen molar-refractivity contribution in [3.63, 3.8) is 0 Å². The quantitative estimate of drug-likeness (QED) is 0.532. The maximum atomic E-state index is 12.4. The molecule has 3 rings (SSSR count). The standard InChI is InChI=1S/C21H23NO5S2/c1-3-10-29(25,26)13-18(23)22-20-19(21(24)27-2)17(12-28-20)16-9-8-14-6-4-5-7-15(14)11-16/h3,8-9,11-12H,1,4-7,10,13H2,2H3,(H,22,23). The maximum absolute atomic E-state index is 12.4. The van der Waals surface area contributed by atoms with E-state index in [9.17, 15) is 18.0 Å². The van der Waals surface area contributed by atoms with E-state index in [2.05, 4.69) is 24.0 Å². The number of esters is 1. The Bertz CT molecular complexity index is 1050. The van der Waals surface area contributed by atoms with Crippen LogP contribution in [0.25, 0.3) is 11.1 Å².